The minimum Gasteiger partial charge on any atom is -0.396 e. The minimum atomic E-state index is -0.0578. The number of carbonyl (C=O) groups is 1. The summed E-state index contributed by atoms with van der Waals surface area (Å²) in [5.41, 5.74) is 1.47. The zero-order valence-electron chi connectivity index (χ0n) is 14.5. The summed E-state index contributed by atoms with van der Waals surface area (Å²) < 4.78 is 0. The molecule has 0 aliphatic carbocycles. The second-order valence-corrected chi connectivity index (χ2v) is 7.97. The summed E-state index contributed by atoms with van der Waals surface area (Å²) in [4.78, 5) is 20.5. The Hall–Kier alpha value is -1.56. The van der Waals surface area contributed by atoms with Gasteiger partial charge in [0.05, 0.1) is 6.61 Å². The fraction of sp³-hybridized carbons (Fsp3) is 0.526. The van der Waals surface area contributed by atoms with Crippen LogP contribution in [-0.4, -0.2) is 65.1 Å². The number of fused-ring (bicyclic) bond motifs is 2. The van der Waals surface area contributed by atoms with E-state index in [4.69, 9.17) is 11.6 Å². The molecule has 25 heavy (non-hydrogen) atoms. The van der Waals surface area contributed by atoms with Crippen molar-refractivity contribution in [3.63, 3.8) is 0 Å². The summed E-state index contributed by atoms with van der Waals surface area (Å²) in [6.07, 6.45) is 3.02. The molecule has 0 unspecified atom stereocenters. The lowest BCUT2D eigenvalue weighted by molar-refractivity contribution is -0.0602. The summed E-state index contributed by atoms with van der Waals surface area (Å²) >= 11 is 6.04. The number of H-pyrrole nitrogens is 1. The van der Waals surface area contributed by atoms with Crippen molar-refractivity contribution in [3.05, 3.63) is 35.0 Å². The summed E-state index contributed by atoms with van der Waals surface area (Å²) in [5, 5.41) is 11.6. The molecule has 5 nitrogen and oxygen atoms in total. The second-order valence-electron chi connectivity index (χ2n) is 7.54. The lowest BCUT2D eigenvalue weighted by atomic mass is 9.69. The van der Waals surface area contributed by atoms with E-state index in [1.807, 2.05) is 29.2 Å². The summed E-state index contributed by atoms with van der Waals surface area (Å²) in [7, 11) is 2.10. The van der Waals surface area contributed by atoms with Gasteiger partial charge in [0, 0.05) is 40.5 Å². The number of aliphatic hydroxyl groups excluding tert-OH is 1. The zero-order valence-corrected chi connectivity index (χ0v) is 15.2. The smallest absolute Gasteiger partial charge is 0.270 e. The Morgan fingerprint density at radius 1 is 1.36 bits per heavy atom. The highest BCUT2D eigenvalue weighted by Crippen LogP contribution is 2.41. The number of nitrogens with one attached hydrogen (secondary N) is 1. The van der Waals surface area contributed by atoms with E-state index in [9.17, 15) is 9.90 Å². The number of hydrogen-bond donors (Lipinski definition) is 2. The standard InChI is InChI=1S/C19H24ClN3O2/c1-22-7-2-5-19(12-24)6-8-23(11-17(19)22)18(25)16-10-13-9-14(20)3-4-15(13)21-16/h3-4,9-10,17,21,24H,2,5-8,11-12H2,1H3/t17-,19-/m1/s1. The minimum absolute atomic E-state index is 0.0258. The molecular formula is C19H24ClN3O2. The van der Waals surface area contributed by atoms with Gasteiger partial charge in [-0.25, -0.2) is 0 Å². The number of nitrogens with zero attached hydrogens (tertiary/aromatic N) is 2. The van der Waals surface area contributed by atoms with Gasteiger partial charge in [0.15, 0.2) is 0 Å². The van der Waals surface area contributed by atoms with Crippen molar-refractivity contribution >= 4 is 28.4 Å². The Balaban J connectivity index is 1.58. The number of amides is 1. The fourth-order valence-electron chi connectivity index (χ4n) is 4.59. The van der Waals surface area contributed by atoms with Crippen molar-refractivity contribution in [2.45, 2.75) is 25.3 Å². The van der Waals surface area contributed by atoms with Crippen molar-refractivity contribution in [1.82, 2.24) is 14.8 Å². The highest BCUT2D eigenvalue weighted by Gasteiger charge is 2.47. The topological polar surface area (TPSA) is 59.6 Å². The maximum atomic E-state index is 13.0. The van der Waals surface area contributed by atoms with Crippen molar-refractivity contribution < 1.29 is 9.90 Å². The molecule has 1 aromatic heterocycles. The van der Waals surface area contributed by atoms with E-state index in [0.29, 0.717) is 23.8 Å². The van der Waals surface area contributed by atoms with Crippen LogP contribution in [0.15, 0.2) is 24.3 Å². The molecule has 3 heterocycles. The normalized spacial score (nSPS) is 27.5. The van der Waals surface area contributed by atoms with Gasteiger partial charge < -0.3 is 19.9 Å². The third-order valence-electron chi connectivity index (χ3n) is 6.11. The molecule has 1 aromatic carbocycles. The van der Waals surface area contributed by atoms with Gasteiger partial charge in [-0.2, -0.15) is 0 Å². The van der Waals surface area contributed by atoms with E-state index in [1.54, 1.807) is 0 Å². The number of hydrogen-bond acceptors (Lipinski definition) is 3. The van der Waals surface area contributed by atoms with Crippen LogP contribution in [-0.2, 0) is 0 Å². The largest absolute Gasteiger partial charge is 0.396 e. The van der Waals surface area contributed by atoms with E-state index >= 15 is 0 Å². The number of aliphatic hydroxyl groups is 1. The molecule has 2 aromatic rings. The lowest BCUT2D eigenvalue weighted by Crippen LogP contribution is -2.62. The lowest BCUT2D eigenvalue weighted by Gasteiger charge is -2.53. The van der Waals surface area contributed by atoms with E-state index in [-0.39, 0.29) is 24.0 Å². The predicted molar refractivity (Wildman–Crippen MR) is 99.0 cm³/mol. The maximum Gasteiger partial charge on any atom is 0.270 e. The van der Waals surface area contributed by atoms with Crippen LogP contribution in [0.5, 0.6) is 0 Å². The molecule has 0 spiro atoms. The first-order chi connectivity index (χ1) is 12.0. The van der Waals surface area contributed by atoms with Gasteiger partial charge in [0.2, 0.25) is 0 Å². The summed E-state index contributed by atoms with van der Waals surface area (Å²) in [6.45, 7) is 2.60. The average molecular weight is 362 g/mol. The number of halogens is 1. The number of piperidine rings is 2. The van der Waals surface area contributed by atoms with Crippen LogP contribution in [0.1, 0.15) is 29.8 Å². The monoisotopic (exact) mass is 361 g/mol. The molecule has 0 saturated carbocycles. The van der Waals surface area contributed by atoms with E-state index < -0.39 is 0 Å². The van der Waals surface area contributed by atoms with Gasteiger partial charge in [-0.1, -0.05) is 11.6 Å². The maximum absolute atomic E-state index is 13.0. The molecule has 2 N–H and O–H groups in total. The van der Waals surface area contributed by atoms with Crippen LogP contribution in [0.4, 0.5) is 0 Å². The summed E-state index contributed by atoms with van der Waals surface area (Å²) in [5.74, 6) is 0.0258. The van der Waals surface area contributed by atoms with Crippen LogP contribution in [0.3, 0.4) is 0 Å². The third-order valence-corrected chi connectivity index (χ3v) is 6.35. The molecule has 2 saturated heterocycles. The molecule has 2 aliphatic heterocycles. The third kappa shape index (κ3) is 2.84. The van der Waals surface area contributed by atoms with Gasteiger partial charge in [-0.15, -0.1) is 0 Å². The molecule has 2 fully saturated rings. The first-order valence-corrected chi connectivity index (χ1v) is 9.29. The molecule has 0 radical (unpaired) electrons. The van der Waals surface area contributed by atoms with Crippen molar-refractivity contribution in [3.8, 4) is 0 Å². The highest BCUT2D eigenvalue weighted by atomic mass is 35.5. The SMILES string of the molecule is CN1CCC[C@]2(CO)CCN(C(=O)c3cc4cc(Cl)ccc4[nH]3)C[C@@H]12. The summed E-state index contributed by atoms with van der Waals surface area (Å²) in [6, 6.07) is 7.69. The van der Waals surface area contributed by atoms with Gasteiger partial charge in [0.1, 0.15) is 5.69 Å². The van der Waals surface area contributed by atoms with Gasteiger partial charge in [-0.05, 0) is 57.1 Å². The number of carbonyl (C=O) groups excluding carboxylic acids is 1. The number of rotatable bonds is 2. The Morgan fingerprint density at radius 2 is 2.20 bits per heavy atom. The highest BCUT2D eigenvalue weighted by molar-refractivity contribution is 6.31. The molecule has 134 valence electrons. The van der Waals surface area contributed by atoms with E-state index in [1.165, 1.54) is 0 Å². The van der Waals surface area contributed by atoms with E-state index in [2.05, 4.69) is 16.9 Å². The first-order valence-electron chi connectivity index (χ1n) is 8.91. The fourth-order valence-corrected chi connectivity index (χ4v) is 4.77. The zero-order chi connectivity index (χ0) is 17.6. The molecule has 4 rings (SSSR count). The number of likely N-dealkylation sites (N-methyl/N-ethyl adjacent to an activating group) is 1. The Bertz CT molecular complexity index is 805. The Kier molecular flexibility index (Phi) is 4.26. The quantitative estimate of drug-likeness (QED) is 0.864. The number of likely N-dealkylation sites (tertiary alicyclic amines) is 2. The molecule has 0 bridgehead atoms. The van der Waals surface area contributed by atoms with Crippen LogP contribution >= 0.6 is 11.6 Å². The molecular weight excluding hydrogens is 338 g/mol. The molecule has 2 aliphatic rings. The van der Waals surface area contributed by atoms with Crippen LogP contribution in [0, 0.1) is 5.41 Å². The van der Waals surface area contributed by atoms with Gasteiger partial charge >= 0.3 is 0 Å². The van der Waals surface area contributed by atoms with Crippen LogP contribution in [0.25, 0.3) is 10.9 Å². The van der Waals surface area contributed by atoms with Crippen molar-refractivity contribution in [1.29, 1.82) is 0 Å². The van der Waals surface area contributed by atoms with Gasteiger partial charge in [0.25, 0.3) is 5.91 Å². The second kappa shape index (κ2) is 6.31. The average Bonchev–Trinajstić information content (AvgIpc) is 3.04. The number of benzene rings is 1. The number of aromatic nitrogens is 1. The van der Waals surface area contributed by atoms with E-state index in [0.717, 1.165) is 36.7 Å². The Morgan fingerprint density at radius 3 is 3.00 bits per heavy atom. The van der Waals surface area contributed by atoms with Crippen LogP contribution in [0.2, 0.25) is 5.02 Å². The Labute approximate surface area is 152 Å². The van der Waals surface area contributed by atoms with Crippen LogP contribution < -0.4 is 0 Å². The molecule has 6 heteroatoms. The molecule has 1 amide bonds. The first kappa shape index (κ1) is 16.9. The van der Waals surface area contributed by atoms with Crippen molar-refractivity contribution in [2.24, 2.45) is 5.41 Å². The predicted octanol–water partition coefficient (Wildman–Crippen LogP) is 2.74. The van der Waals surface area contributed by atoms with Crippen molar-refractivity contribution in [2.75, 3.05) is 33.3 Å². The number of aromatic amines is 1. The molecule has 2 atom stereocenters. The van der Waals surface area contributed by atoms with Gasteiger partial charge in [-0.3, -0.25) is 4.79 Å².